The maximum Gasteiger partial charge on any atom is 0.192 e. The number of ketones is 1. The van der Waals surface area contributed by atoms with Crippen LogP contribution in [0.15, 0.2) is 0 Å². The van der Waals surface area contributed by atoms with Gasteiger partial charge in [-0.15, -0.1) is 0 Å². The highest BCUT2D eigenvalue weighted by Gasteiger charge is 2.65. The summed E-state index contributed by atoms with van der Waals surface area (Å²) in [6, 6.07) is 0. The summed E-state index contributed by atoms with van der Waals surface area (Å²) in [6.07, 6.45) is 3.50. The molecule has 21 heavy (non-hydrogen) atoms. The van der Waals surface area contributed by atoms with Crippen LogP contribution in [0.2, 0.25) is 18.1 Å². The summed E-state index contributed by atoms with van der Waals surface area (Å²) in [5.41, 5.74) is -0.0527. The highest BCUT2D eigenvalue weighted by Crippen LogP contribution is 2.64. The van der Waals surface area contributed by atoms with Crippen LogP contribution in [0.3, 0.4) is 0 Å². The smallest absolute Gasteiger partial charge is 0.192 e. The third-order valence-electron chi connectivity index (χ3n) is 7.40. The first-order valence-electron chi connectivity index (χ1n) is 8.72. The Balaban J connectivity index is 1.87. The van der Waals surface area contributed by atoms with Crippen molar-refractivity contribution in [3.8, 4) is 0 Å². The van der Waals surface area contributed by atoms with Gasteiger partial charge in [0.1, 0.15) is 5.78 Å². The fourth-order valence-corrected chi connectivity index (χ4v) is 7.05. The van der Waals surface area contributed by atoms with E-state index in [0.717, 1.165) is 6.42 Å². The van der Waals surface area contributed by atoms with Crippen molar-refractivity contribution in [1.82, 2.24) is 0 Å². The molecule has 120 valence electrons. The molecule has 0 N–H and O–H groups in total. The molecule has 3 heteroatoms. The molecule has 0 aromatic rings. The summed E-state index contributed by atoms with van der Waals surface area (Å²) < 4.78 is 6.89. The Morgan fingerprint density at radius 3 is 2.43 bits per heavy atom. The van der Waals surface area contributed by atoms with Crippen molar-refractivity contribution in [1.29, 1.82) is 0 Å². The molecule has 0 heterocycles. The van der Waals surface area contributed by atoms with Crippen molar-refractivity contribution in [2.45, 2.75) is 77.6 Å². The first kappa shape index (κ1) is 15.7. The average Bonchev–Trinajstić information content (AvgIpc) is 2.92. The Kier molecular flexibility index (Phi) is 3.33. The molecule has 0 aromatic carbocycles. The number of Topliss-reactive ketones (excluding diaryl/α,β-unsaturated/α-hetero) is 1. The Morgan fingerprint density at radius 1 is 1.24 bits per heavy atom. The molecule has 3 fully saturated rings. The van der Waals surface area contributed by atoms with E-state index in [1.165, 1.54) is 12.8 Å². The van der Waals surface area contributed by atoms with Crippen LogP contribution in [0.25, 0.3) is 0 Å². The lowest BCUT2D eigenvalue weighted by molar-refractivity contribution is -0.124. The molecule has 0 bridgehead atoms. The zero-order valence-corrected chi connectivity index (χ0v) is 15.8. The first-order valence-corrected chi connectivity index (χ1v) is 11.6. The molecule has 3 saturated carbocycles. The molecule has 0 unspecified atom stereocenters. The van der Waals surface area contributed by atoms with Crippen molar-refractivity contribution in [3.63, 3.8) is 0 Å². The molecule has 0 spiro atoms. The van der Waals surface area contributed by atoms with Gasteiger partial charge in [-0.3, -0.25) is 4.79 Å². The standard InChI is InChI=1S/C18H32O2Si/c1-11-12-8-9-14-15(12)13(16(11)19)10-18(14,5)20-21(6,7)17(2,3)4/h11-15H,8-10H2,1-7H3/t11-,12-,13-,14-,15-,18-/m0/s1. The van der Waals surface area contributed by atoms with Crippen LogP contribution in [0, 0.1) is 29.6 Å². The second kappa shape index (κ2) is 4.44. The fourth-order valence-electron chi connectivity index (χ4n) is 5.35. The van der Waals surface area contributed by atoms with E-state index in [1.54, 1.807) is 0 Å². The third kappa shape index (κ3) is 2.10. The monoisotopic (exact) mass is 308 g/mol. The Morgan fingerprint density at radius 2 is 1.86 bits per heavy atom. The lowest BCUT2D eigenvalue weighted by atomic mass is 9.86. The number of hydrogen-bond donors (Lipinski definition) is 0. The van der Waals surface area contributed by atoms with Gasteiger partial charge in [-0.25, -0.2) is 0 Å². The molecule has 0 radical (unpaired) electrons. The molecule has 3 rings (SSSR count). The predicted molar refractivity (Wildman–Crippen MR) is 88.7 cm³/mol. The van der Waals surface area contributed by atoms with Crippen LogP contribution in [0.1, 0.15) is 53.9 Å². The molecular formula is C18H32O2Si. The second-order valence-electron chi connectivity index (χ2n) is 9.60. The van der Waals surface area contributed by atoms with Gasteiger partial charge in [0, 0.05) is 11.8 Å². The van der Waals surface area contributed by atoms with Crippen LogP contribution in [0.4, 0.5) is 0 Å². The van der Waals surface area contributed by atoms with Gasteiger partial charge in [0.2, 0.25) is 0 Å². The van der Waals surface area contributed by atoms with E-state index in [1.807, 2.05) is 0 Å². The molecular weight excluding hydrogens is 276 g/mol. The van der Waals surface area contributed by atoms with Crippen LogP contribution >= 0.6 is 0 Å². The summed E-state index contributed by atoms with van der Waals surface area (Å²) in [5.74, 6) is 3.04. The lowest BCUT2D eigenvalue weighted by Gasteiger charge is -2.45. The summed E-state index contributed by atoms with van der Waals surface area (Å²) in [6.45, 7) is 16.1. The number of hydrogen-bond acceptors (Lipinski definition) is 2. The fraction of sp³-hybridized carbons (Fsp3) is 0.944. The molecule has 3 aliphatic rings. The number of carbonyl (C=O) groups is 1. The average molecular weight is 309 g/mol. The highest BCUT2D eigenvalue weighted by atomic mass is 28.4. The minimum Gasteiger partial charge on any atom is -0.411 e. The van der Waals surface area contributed by atoms with Crippen molar-refractivity contribution >= 4 is 14.1 Å². The van der Waals surface area contributed by atoms with Gasteiger partial charge in [-0.05, 0) is 62.1 Å². The Labute approximate surface area is 131 Å². The summed E-state index contributed by atoms with van der Waals surface area (Å²) in [7, 11) is -1.78. The van der Waals surface area contributed by atoms with E-state index in [0.29, 0.717) is 35.4 Å². The highest BCUT2D eigenvalue weighted by molar-refractivity contribution is 6.74. The van der Waals surface area contributed by atoms with E-state index >= 15 is 0 Å². The van der Waals surface area contributed by atoms with Gasteiger partial charge < -0.3 is 4.43 Å². The normalized spacial score (nSPS) is 46.2. The van der Waals surface area contributed by atoms with E-state index in [2.05, 4.69) is 47.7 Å². The number of carbonyl (C=O) groups excluding carboxylic acids is 1. The molecule has 3 aliphatic carbocycles. The van der Waals surface area contributed by atoms with Gasteiger partial charge in [-0.1, -0.05) is 27.7 Å². The number of rotatable bonds is 2. The molecule has 0 amide bonds. The SMILES string of the molecule is C[C@@H]1C(=O)[C@H]2C[C@](C)(O[Si](C)(C)C(C)(C)C)[C@H]3CC[C@@H]1[C@@H]23. The third-order valence-corrected chi connectivity index (χ3v) is 12.0. The second-order valence-corrected chi connectivity index (χ2v) is 14.3. The molecule has 0 aliphatic heterocycles. The Bertz CT molecular complexity index is 464. The summed E-state index contributed by atoms with van der Waals surface area (Å²) >= 11 is 0. The van der Waals surface area contributed by atoms with Crippen LogP contribution in [0.5, 0.6) is 0 Å². The summed E-state index contributed by atoms with van der Waals surface area (Å²) in [4.78, 5) is 12.6. The Hall–Kier alpha value is -0.153. The summed E-state index contributed by atoms with van der Waals surface area (Å²) in [5, 5.41) is 0.239. The van der Waals surface area contributed by atoms with Gasteiger partial charge >= 0.3 is 0 Å². The van der Waals surface area contributed by atoms with Gasteiger partial charge in [-0.2, -0.15) is 0 Å². The largest absolute Gasteiger partial charge is 0.411 e. The molecule has 6 atom stereocenters. The minimum absolute atomic E-state index is 0.0527. The molecule has 2 nitrogen and oxygen atoms in total. The zero-order chi connectivity index (χ0) is 15.8. The first-order chi connectivity index (χ1) is 9.48. The van der Waals surface area contributed by atoms with Gasteiger partial charge in [0.25, 0.3) is 0 Å². The minimum atomic E-state index is -1.78. The van der Waals surface area contributed by atoms with Crippen LogP contribution in [-0.4, -0.2) is 19.7 Å². The molecule has 0 saturated heterocycles. The van der Waals surface area contributed by atoms with E-state index < -0.39 is 8.32 Å². The van der Waals surface area contributed by atoms with Crippen LogP contribution < -0.4 is 0 Å². The van der Waals surface area contributed by atoms with E-state index in [4.69, 9.17) is 4.43 Å². The van der Waals surface area contributed by atoms with Crippen LogP contribution in [-0.2, 0) is 9.22 Å². The lowest BCUT2D eigenvalue weighted by Crippen LogP contribution is -2.50. The maximum atomic E-state index is 12.6. The topological polar surface area (TPSA) is 26.3 Å². The van der Waals surface area contributed by atoms with Crippen molar-refractivity contribution in [2.24, 2.45) is 29.6 Å². The van der Waals surface area contributed by atoms with Gasteiger partial charge in [0.15, 0.2) is 8.32 Å². The molecule has 0 aromatic heterocycles. The van der Waals surface area contributed by atoms with Crippen molar-refractivity contribution < 1.29 is 9.22 Å². The van der Waals surface area contributed by atoms with Crippen molar-refractivity contribution in [3.05, 3.63) is 0 Å². The quantitative estimate of drug-likeness (QED) is 0.694. The predicted octanol–water partition coefficient (Wildman–Crippen LogP) is 4.65. The van der Waals surface area contributed by atoms with E-state index in [9.17, 15) is 4.79 Å². The maximum absolute atomic E-state index is 12.6. The van der Waals surface area contributed by atoms with E-state index in [-0.39, 0.29) is 10.6 Å². The van der Waals surface area contributed by atoms with Crippen molar-refractivity contribution in [2.75, 3.05) is 0 Å². The van der Waals surface area contributed by atoms with Gasteiger partial charge in [0.05, 0.1) is 5.60 Å². The zero-order valence-electron chi connectivity index (χ0n) is 14.8.